The van der Waals surface area contributed by atoms with Crippen LogP contribution in [0.1, 0.15) is 65.7 Å². The SMILES string of the molecule is CC(C)(C)NCC1CCN(CC2(O)CCCCC2)CC1. The minimum atomic E-state index is -0.380. The summed E-state index contributed by atoms with van der Waals surface area (Å²) in [5.41, 5.74) is -0.150. The lowest BCUT2D eigenvalue weighted by molar-refractivity contribution is -0.0327. The topological polar surface area (TPSA) is 35.5 Å². The highest BCUT2D eigenvalue weighted by molar-refractivity contribution is 4.87. The van der Waals surface area contributed by atoms with Crippen molar-refractivity contribution in [1.29, 1.82) is 0 Å². The summed E-state index contributed by atoms with van der Waals surface area (Å²) in [7, 11) is 0. The number of hydrogen-bond acceptors (Lipinski definition) is 3. The van der Waals surface area contributed by atoms with Crippen molar-refractivity contribution in [3.05, 3.63) is 0 Å². The van der Waals surface area contributed by atoms with E-state index in [0.717, 1.165) is 31.8 Å². The Labute approximate surface area is 125 Å². The number of rotatable bonds is 4. The van der Waals surface area contributed by atoms with Crippen molar-refractivity contribution in [2.45, 2.75) is 76.9 Å². The second-order valence-corrected chi connectivity index (χ2v) is 8.14. The molecule has 2 aliphatic rings. The van der Waals surface area contributed by atoms with Gasteiger partial charge in [-0.15, -0.1) is 0 Å². The summed E-state index contributed by atoms with van der Waals surface area (Å²) in [5, 5.41) is 14.3. The maximum Gasteiger partial charge on any atom is 0.0774 e. The third-order valence-corrected chi connectivity index (χ3v) is 4.93. The second-order valence-electron chi connectivity index (χ2n) is 8.14. The summed E-state index contributed by atoms with van der Waals surface area (Å²) in [5.74, 6) is 0.812. The molecule has 0 atom stereocenters. The molecule has 0 aromatic rings. The van der Waals surface area contributed by atoms with E-state index in [1.54, 1.807) is 0 Å². The maximum atomic E-state index is 10.6. The van der Waals surface area contributed by atoms with Gasteiger partial charge >= 0.3 is 0 Å². The van der Waals surface area contributed by atoms with Gasteiger partial charge in [0.1, 0.15) is 0 Å². The van der Waals surface area contributed by atoms with Crippen LogP contribution in [0, 0.1) is 5.92 Å². The van der Waals surface area contributed by atoms with Crippen molar-refractivity contribution in [1.82, 2.24) is 10.2 Å². The average Bonchev–Trinajstić information content (AvgIpc) is 2.37. The first kappa shape index (κ1) is 16.3. The highest BCUT2D eigenvalue weighted by atomic mass is 16.3. The Hall–Kier alpha value is -0.120. The molecule has 1 heterocycles. The highest BCUT2D eigenvalue weighted by Crippen LogP contribution is 2.30. The first-order chi connectivity index (χ1) is 9.36. The fraction of sp³-hybridized carbons (Fsp3) is 1.00. The predicted octanol–water partition coefficient (Wildman–Crippen LogP) is 2.78. The molecule has 118 valence electrons. The van der Waals surface area contributed by atoms with Crippen molar-refractivity contribution in [3.8, 4) is 0 Å². The fourth-order valence-electron chi connectivity index (χ4n) is 3.58. The number of nitrogens with zero attached hydrogens (tertiary/aromatic N) is 1. The summed E-state index contributed by atoms with van der Waals surface area (Å²) in [6.07, 6.45) is 8.31. The largest absolute Gasteiger partial charge is 0.389 e. The minimum Gasteiger partial charge on any atom is -0.389 e. The van der Waals surface area contributed by atoms with Crippen LogP contribution in [0.25, 0.3) is 0 Å². The van der Waals surface area contributed by atoms with Crippen LogP contribution in [-0.2, 0) is 0 Å². The van der Waals surface area contributed by atoms with Gasteiger partial charge in [-0.3, -0.25) is 0 Å². The summed E-state index contributed by atoms with van der Waals surface area (Å²) in [4.78, 5) is 2.50. The van der Waals surface area contributed by atoms with Crippen LogP contribution in [0.2, 0.25) is 0 Å². The van der Waals surface area contributed by atoms with Gasteiger partial charge in [-0.2, -0.15) is 0 Å². The Morgan fingerprint density at radius 1 is 1.10 bits per heavy atom. The zero-order valence-electron chi connectivity index (χ0n) is 13.7. The monoisotopic (exact) mass is 282 g/mol. The molecule has 3 nitrogen and oxygen atoms in total. The van der Waals surface area contributed by atoms with E-state index in [2.05, 4.69) is 31.0 Å². The summed E-state index contributed by atoms with van der Waals surface area (Å²) in [6, 6.07) is 0. The zero-order valence-corrected chi connectivity index (χ0v) is 13.7. The first-order valence-electron chi connectivity index (χ1n) is 8.56. The van der Waals surface area contributed by atoms with E-state index in [1.807, 2.05) is 0 Å². The lowest BCUT2D eigenvalue weighted by Crippen LogP contribution is -2.48. The first-order valence-corrected chi connectivity index (χ1v) is 8.56. The van der Waals surface area contributed by atoms with Crippen LogP contribution in [0.3, 0.4) is 0 Å². The van der Waals surface area contributed by atoms with Crippen LogP contribution in [0.15, 0.2) is 0 Å². The Balaban J connectivity index is 1.69. The van der Waals surface area contributed by atoms with Gasteiger partial charge in [-0.1, -0.05) is 19.3 Å². The second kappa shape index (κ2) is 6.76. The standard InChI is InChI=1S/C17H34N2O/c1-16(2,3)18-13-15-7-11-19(12-8-15)14-17(20)9-5-4-6-10-17/h15,18,20H,4-14H2,1-3H3. The summed E-state index contributed by atoms with van der Waals surface area (Å²) < 4.78 is 0. The van der Waals surface area contributed by atoms with E-state index in [-0.39, 0.29) is 11.1 Å². The molecule has 0 unspecified atom stereocenters. The van der Waals surface area contributed by atoms with Gasteiger partial charge in [0.05, 0.1) is 5.60 Å². The maximum absolute atomic E-state index is 10.6. The quantitative estimate of drug-likeness (QED) is 0.832. The van der Waals surface area contributed by atoms with Gasteiger partial charge in [0, 0.05) is 12.1 Å². The average molecular weight is 282 g/mol. The number of nitrogens with one attached hydrogen (secondary N) is 1. The molecule has 0 aromatic carbocycles. The lowest BCUT2D eigenvalue weighted by atomic mass is 9.84. The number of β-amino-alcohol motifs (C(OH)–C–C–N with tert-alkyl or cyclic N) is 1. The molecule has 1 saturated heterocycles. The molecule has 20 heavy (non-hydrogen) atoms. The lowest BCUT2D eigenvalue weighted by Gasteiger charge is -2.40. The van der Waals surface area contributed by atoms with Crippen molar-refractivity contribution in [2.24, 2.45) is 5.92 Å². The van der Waals surface area contributed by atoms with E-state index in [0.29, 0.717) is 0 Å². The van der Waals surface area contributed by atoms with Gasteiger partial charge in [-0.05, 0) is 72.0 Å². The molecule has 1 saturated carbocycles. The molecule has 2 fully saturated rings. The third-order valence-electron chi connectivity index (χ3n) is 4.93. The van der Waals surface area contributed by atoms with Crippen LogP contribution < -0.4 is 5.32 Å². The van der Waals surface area contributed by atoms with E-state index in [1.165, 1.54) is 45.2 Å². The van der Waals surface area contributed by atoms with Crippen molar-refractivity contribution >= 4 is 0 Å². The van der Waals surface area contributed by atoms with E-state index in [4.69, 9.17) is 0 Å². The fourth-order valence-corrected chi connectivity index (χ4v) is 3.58. The van der Waals surface area contributed by atoms with Gasteiger partial charge in [0.2, 0.25) is 0 Å². The molecule has 2 rings (SSSR count). The Kier molecular flexibility index (Phi) is 5.49. The predicted molar refractivity (Wildman–Crippen MR) is 85.0 cm³/mol. The molecular weight excluding hydrogens is 248 g/mol. The van der Waals surface area contributed by atoms with Crippen LogP contribution in [0.4, 0.5) is 0 Å². The molecule has 0 spiro atoms. The van der Waals surface area contributed by atoms with Gasteiger partial charge in [-0.25, -0.2) is 0 Å². The zero-order chi connectivity index (χ0) is 14.6. The molecule has 1 aliphatic heterocycles. The van der Waals surface area contributed by atoms with Crippen molar-refractivity contribution < 1.29 is 5.11 Å². The van der Waals surface area contributed by atoms with E-state index >= 15 is 0 Å². The smallest absolute Gasteiger partial charge is 0.0774 e. The molecule has 0 bridgehead atoms. The molecule has 0 aromatic heterocycles. The Bertz CT molecular complexity index is 284. The van der Waals surface area contributed by atoms with Gasteiger partial charge < -0.3 is 15.3 Å². The summed E-state index contributed by atoms with van der Waals surface area (Å²) >= 11 is 0. The van der Waals surface area contributed by atoms with E-state index in [9.17, 15) is 5.11 Å². The van der Waals surface area contributed by atoms with Gasteiger partial charge in [0.25, 0.3) is 0 Å². The number of piperidine rings is 1. The number of hydrogen-bond donors (Lipinski definition) is 2. The van der Waals surface area contributed by atoms with Crippen molar-refractivity contribution in [3.63, 3.8) is 0 Å². The summed E-state index contributed by atoms with van der Waals surface area (Å²) in [6.45, 7) is 11.1. The molecule has 3 heteroatoms. The number of aliphatic hydroxyl groups is 1. The molecule has 2 N–H and O–H groups in total. The molecule has 0 amide bonds. The molecule has 1 aliphatic carbocycles. The Morgan fingerprint density at radius 3 is 2.25 bits per heavy atom. The Morgan fingerprint density at radius 2 is 1.70 bits per heavy atom. The van der Waals surface area contributed by atoms with Crippen LogP contribution >= 0.6 is 0 Å². The third kappa shape index (κ3) is 5.34. The molecular formula is C17H34N2O. The highest BCUT2D eigenvalue weighted by Gasteiger charge is 2.32. The minimum absolute atomic E-state index is 0.231. The van der Waals surface area contributed by atoms with E-state index < -0.39 is 0 Å². The normalized spacial score (nSPS) is 25.8. The van der Waals surface area contributed by atoms with Crippen LogP contribution in [0.5, 0.6) is 0 Å². The van der Waals surface area contributed by atoms with Gasteiger partial charge in [0.15, 0.2) is 0 Å². The van der Waals surface area contributed by atoms with Crippen LogP contribution in [-0.4, -0.2) is 47.3 Å². The van der Waals surface area contributed by atoms with Crippen molar-refractivity contribution in [2.75, 3.05) is 26.2 Å². The number of likely N-dealkylation sites (tertiary alicyclic amines) is 1. The molecule has 0 radical (unpaired) electrons.